The van der Waals surface area contributed by atoms with Crippen molar-refractivity contribution in [2.45, 2.75) is 32.0 Å². The highest BCUT2D eigenvalue weighted by Gasteiger charge is 2.37. The molecule has 1 aliphatic carbocycles. The van der Waals surface area contributed by atoms with Gasteiger partial charge in [-0.3, -0.25) is 14.6 Å². The molecule has 7 nitrogen and oxygen atoms in total. The molecule has 0 bridgehead atoms. The summed E-state index contributed by atoms with van der Waals surface area (Å²) in [6.45, 7) is 7.55. The lowest BCUT2D eigenvalue weighted by molar-refractivity contribution is 0.0145. The standard InChI is InChI=1S/C30H32N4O3S/c1-18-15-34(29-25-6-4-3-5-23(25)24-9-7-20(30(31)36)13-26(24)29)12-11-33(18)16-21(35)17-37-22-8-10-28-27(14-22)32-19(2)38-28/h3-10,13-14,18,21,29,35H,11-12,15-17H2,1-2H3,(H2,31,36)/t18-,21+,29?/m0/s1. The number of primary amides is 1. The third kappa shape index (κ3) is 4.69. The first-order chi connectivity index (χ1) is 18.4. The van der Waals surface area contributed by atoms with E-state index in [1.165, 1.54) is 16.7 Å². The van der Waals surface area contributed by atoms with Gasteiger partial charge < -0.3 is 15.6 Å². The fraction of sp³-hybridized carbons (Fsp3) is 0.333. The van der Waals surface area contributed by atoms with Gasteiger partial charge in [0.05, 0.1) is 21.3 Å². The number of aryl methyl sites for hydroxylation is 1. The number of nitrogens with zero attached hydrogens (tertiary/aromatic N) is 3. The lowest BCUT2D eigenvalue weighted by Gasteiger charge is -2.43. The van der Waals surface area contributed by atoms with E-state index >= 15 is 0 Å². The first kappa shape index (κ1) is 25.0. The zero-order valence-electron chi connectivity index (χ0n) is 21.6. The van der Waals surface area contributed by atoms with Crippen molar-refractivity contribution in [1.82, 2.24) is 14.8 Å². The first-order valence-electron chi connectivity index (χ1n) is 13.1. The van der Waals surface area contributed by atoms with Crippen LogP contribution < -0.4 is 10.5 Å². The number of amides is 1. The van der Waals surface area contributed by atoms with Crippen molar-refractivity contribution in [2.75, 3.05) is 32.8 Å². The van der Waals surface area contributed by atoms with Gasteiger partial charge in [0.15, 0.2) is 0 Å². The Bertz CT molecular complexity index is 1500. The van der Waals surface area contributed by atoms with Crippen LogP contribution in [0.4, 0.5) is 0 Å². The van der Waals surface area contributed by atoms with Crippen LogP contribution in [0.25, 0.3) is 21.3 Å². The number of nitrogens with two attached hydrogens (primary N) is 1. The van der Waals surface area contributed by atoms with Crippen LogP contribution in [0.15, 0.2) is 60.7 Å². The van der Waals surface area contributed by atoms with Gasteiger partial charge in [-0.15, -0.1) is 11.3 Å². The quantitative estimate of drug-likeness (QED) is 0.373. The van der Waals surface area contributed by atoms with Gasteiger partial charge in [0.2, 0.25) is 5.91 Å². The molecule has 38 heavy (non-hydrogen) atoms. The third-order valence-electron chi connectivity index (χ3n) is 7.69. The summed E-state index contributed by atoms with van der Waals surface area (Å²) in [5.41, 5.74) is 11.9. The Morgan fingerprint density at radius 2 is 1.95 bits per heavy atom. The van der Waals surface area contributed by atoms with Crippen LogP contribution in [-0.2, 0) is 0 Å². The molecule has 3 N–H and O–H groups in total. The summed E-state index contributed by atoms with van der Waals surface area (Å²) in [5, 5.41) is 11.8. The Labute approximate surface area is 226 Å². The maximum atomic E-state index is 11.9. The molecule has 1 aromatic heterocycles. The Hall–Kier alpha value is -3.30. The summed E-state index contributed by atoms with van der Waals surface area (Å²) in [7, 11) is 0. The van der Waals surface area contributed by atoms with Crippen LogP contribution in [0.5, 0.6) is 5.75 Å². The fourth-order valence-corrected chi connectivity index (χ4v) is 6.69. The second kappa shape index (κ2) is 10.1. The molecular formula is C30H32N4O3S. The van der Waals surface area contributed by atoms with E-state index in [0.29, 0.717) is 12.1 Å². The zero-order valence-corrected chi connectivity index (χ0v) is 22.4. The highest BCUT2D eigenvalue weighted by molar-refractivity contribution is 7.18. The fourth-order valence-electron chi connectivity index (χ4n) is 5.89. The van der Waals surface area contributed by atoms with Gasteiger partial charge in [-0.2, -0.15) is 0 Å². The molecule has 8 heteroatoms. The van der Waals surface area contributed by atoms with E-state index < -0.39 is 12.0 Å². The van der Waals surface area contributed by atoms with Gasteiger partial charge in [0, 0.05) is 43.9 Å². The number of aromatic nitrogens is 1. The molecule has 1 fully saturated rings. The number of rotatable bonds is 7. The number of hydrogen-bond donors (Lipinski definition) is 2. The van der Waals surface area contributed by atoms with Crippen LogP contribution in [-0.4, -0.2) is 70.7 Å². The maximum absolute atomic E-state index is 11.9. The maximum Gasteiger partial charge on any atom is 0.248 e. The minimum absolute atomic E-state index is 0.0858. The van der Waals surface area contributed by atoms with Crippen molar-refractivity contribution >= 4 is 27.5 Å². The van der Waals surface area contributed by atoms with Gasteiger partial charge in [-0.25, -0.2) is 4.98 Å². The summed E-state index contributed by atoms with van der Waals surface area (Å²) < 4.78 is 7.05. The monoisotopic (exact) mass is 528 g/mol. The molecule has 1 amide bonds. The molecule has 6 rings (SSSR count). The number of aliphatic hydroxyl groups excluding tert-OH is 1. The van der Waals surface area contributed by atoms with Crippen molar-refractivity contribution in [3.8, 4) is 16.9 Å². The van der Waals surface area contributed by atoms with Crippen molar-refractivity contribution in [2.24, 2.45) is 5.73 Å². The second-order valence-electron chi connectivity index (χ2n) is 10.3. The number of carbonyl (C=O) groups is 1. The molecule has 2 aliphatic rings. The summed E-state index contributed by atoms with van der Waals surface area (Å²) in [5.74, 6) is 0.326. The summed E-state index contributed by atoms with van der Waals surface area (Å²) in [6.07, 6.45) is -0.595. The average Bonchev–Trinajstić information content (AvgIpc) is 3.44. The molecule has 1 saturated heterocycles. The molecule has 3 aromatic carbocycles. The number of benzene rings is 3. The smallest absolute Gasteiger partial charge is 0.248 e. The van der Waals surface area contributed by atoms with E-state index in [9.17, 15) is 9.90 Å². The molecule has 3 atom stereocenters. The number of hydrogen-bond acceptors (Lipinski definition) is 7. The molecule has 0 saturated carbocycles. The van der Waals surface area contributed by atoms with Crippen molar-refractivity contribution in [1.29, 1.82) is 0 Å². The van der Waals surface area contributed by atoms with E-state index in [0.717, 1.165) is 46.2 Å². The molecule has 0 radical (unpaired) electrons. The van der Waals surface area contributed by atoms with E-state index in [-0.39, 0.29) is 18.7 Å². The number of ether oxygens (including phenoxy) is 1. The van der Waals surface area contributed by atoms with Crippen molar-refractivity contribution in [3.05, 3.63) is 82.4 Å². The summed E-state index contributed by atoms with van der Waals surface area (Å²) in [4.78, 5) is 21.3. The zero-order chi connectivity index (χ0) is 26.4. The van der Waals surface area contributed by atoms with Crippen molar-refractivity contribution in [3.63, 3.8) is 0 Å². The molecule has 1 aliphatic heterocycles. The number of aliphatic hydroxyl groups is 1. The topological polar surface area (TPSA) is 91.9 Å². The Morgan fingerprint density at radius 1 is 1.13 bits per heavy atom. The third-order valence-corrected chi connectivity index (χ3v) is 8.64. The average molecular weight is 529 g/mol. The molecule has 196 valence electrons. The first-order valence-corrected chi connectivity index (χ1v) is 13.9. The minimum Gasteiger partial charge on any atom is -0.491 e. The van der Waals surface area contributed by atoms with Gasteiger partial charge >= 0.3 is 0 Å². The van der Waals surface area contributed by atoms with E-state index in [1.807, 2.05) is 43.3 Å². The molecule has 1 unspecified atom stereocenters. The largest absolute Gasteiger partial charge is 0.491 e. The summed E-state index contributed by atoms with van der Waals surface area (Å²) >= 11 is 1.67. The summed E-state index contributed by atoms with van der Waals surface area (Å²) in [6, 6.07) is 20.5. The Balaban J connectivity index is 1.11. The Morgan fingerprint density at radius 3 is 2.76 bits per heavy atom. The lowest BCUT2D eigenvalue weighted by atomic mass is 9.99. The van der Waals surface area contributed by atoms with Gasteiger partial charge in [-0.1, -0.05) is 30.3 Å². The number of carbonyl (C=O) groups excluding carboxylic acids is 1. The van der Waals surface area contributed by atoms with E-state index in [4.69, 9.17) is 10.5 Å². The Kier molecular flexibility index (Phi) is 6.65. The van der Waals surface area contributed by atoms with E-state index in [2.05, 4.69) is 46.0 Å². The molecule has 2 heterocycles. The van der Waals surface area contributed by atoms with Crippen LogP contribution in [0.2, 0.25) is 0 Å². The predicted octanol–water partition coefficient (Wildman–Crippen LogP) is 4.22. The highest BCUT2D eigenvalue weighted by Crippen LogP contribution is 2.47. The van der Waals surface area contributed by atoms with Crippen LogP contribution in [0.3, 0.4) is 0 Å². The normalized spacial score (nSPS) is 20.3. The van der Waals surface area contributed by atoms with Gasteiger partial charge in [0.1, 0.15) is 18.5 Å². The predicted molar refractivity (Wildman–Crippen MR) is 151 cm³/mol. The van der Waals surface area contributed by atoms with Gasteiger partial charge in [-0.05, 0) is 60.4 Å². The van der Waals surface area contributed by atoms with Crippen molar-refractivity contribution < 1.29 is 14.6 Å². The van der Waals surface area contributed by atoms with Crippen LogP contribution in [0, 0.1) is 6.92 Å². The SMILES string of the molecule is Cc1nc2cc(OC[C@H](O)CN3CCN(C4c5ccccc5-c5ccc(C(N)=O)cc54)C[C@@H]3C)ccc2s1. The highest BCUT2D eigenvalue weighted by atomic mass is 32.1. The number of β-amino-alcohol motifs (C(OH)–C–C–N with tert-alkyl or cyclic N) is 1. The number of piperazine rings is 1. The molecular weight excluding hydrogens is 496 g/mol. The number of thiazole rings is 1. The molecule has 4 aromatic rings. The number of fused-ring (bicyclic) bond motifs is 4. The van der Waals surface area contributed by atoms with Gasteiger partial charge in [0.25, 0.3) is 0 Å². The minimum atomic E-state index is -0.595. The molecule has 0 spiro atoms. The second-order valence-corrected chi connectivity index (χ2v) is 11.6. The van der Waals surface area contributed by atoms with Crippen LogP contribution in [0.1, 0.15) is 39.5 Å². The van der Waals surface area contributed by atoms with Crippen LogP contribution >= 0.6 is 11.3 Å². The van der Waals surface area contributed by atoms with E-state index in [1.54, 1.807) is 11.3 Å². The lowest BCUT2D eigenvalue weighted by Crippen LogP contribution is -2.54.